The third-order valence-corrected chi connectivity index (χ3v) is 6.49. The second-order valence-corrected chi connectivity index (χ2v) is 7.89. The summed E-state index contributed by atoms with van der Waals surface area (Å²) in [7, 11) is 0. The molecule has 19 heavy (non-hydrogen) atoms. The Balaban J connectivity index is 2.40. The Morgan fingerprint density at radius 1 is 0.789 bits per heavy atom. The van der Waals surface area contributed by atoms with Gasteiger partial charge in [-0.05, 0) is 0 Å². The Hall–Kier alpha value is -1.03. The summed E-state index contributed by atoms with van der Waals surface area (Å²) in [6.07, 6.45) is 0. The van der Waals surface area contributed by atoms with Crippen molar-refractivity contribution in [3.8, 4) is 0 Å². The van der Waals surface area contributed by atoms with Crippen molar-refractivity contribution in [2.24, 2.45) is 0 Å². The standard InChI is InChI=1S/C17H21IN/c1-14(18-3)15(2)19(16-10-6-4-7-11-16)17-12-8-5-9-13-17/h4-15H,1-3H3/q-1/t14-,15?/m0/s1. The quantitative estimate of drug-likeness (QED) is 0.570. The van der Waals surface area contributed by atoms with Gasteiger partial charge in [0.25, 0.3) is 0 Å². The predicted molar refractivity (Wildman–Crippen MR) is 79.9 cm³/mol. The monoisotopic (exact) mass is 366 g/mol. The van der Waals surface area contributed by atoms with Gasteiger partial charge in [0.05, 0.1) is 0 Å². The van der Waals surface area contributed by atoms with Gasteiger partial charge in [-0.15, -0.1) is 0 Å². The Labute approximate surface area is 126 Å². The van der Waals surface area contributed by atoms with E-state index in [1.807, 2.05) is 0 Å². The van der Waals surface area contributed by atoms with Crippen molar-refractivity contribution in [2.45, 2.75) is 23.8 Å². The molecule has 0 aliphatic rings. The van der Waals surface area contributed by atoms with Gasteiger partial charge in [-0.3, -0.25) is 0 Å². The molecule has 0 aliphatic heterocycles. The van der Waals surface area contributed by atoms with Gasteiger partial charge in [0.1, 0.15) is 0 Å². The van der Waals surface area contributed by atoms with Crippen LogP contribution in [0.5, 0.6) is 0 Å². The molecule has 2 rings (SSSR count). The van der Waals surface area contributed by atoms with Gasteiger partial charge in [0.15, 0.2) is 0 Å². The number of anilines is 2. The van der Waals surface area contributed by atoms with Crippen molar-refractivity contribution in [1.82, 2.24) is 0 Å². The summed E-state index contributed by atoms with van der Waals surface area (Å²) in [5.41, 5.74) is 2.57. The summed E-state index contributed by atoms with van der Waals surface area (Å²) in [5.74, 6) is 0. The number of benzene rings is 2. The summed E-state index contributed by atoms with van der Waals surface area (Å²) in [5, 5.41) is 0. The minimum absolute atomic E-state index is 0.245. The van der Waals surface area contributed by atoms with E-state index in [0.29, 0.717) is 6.04 Å². The van der Waals surface area contributed by atoms with E-state index in [4.69, 9.17) is 0 Å². The molecule has 2 atom stereocenters. The van der Waals surface area contributed by atoms with Crippen LogP contribution in [0.2, 0.25) is 0 Å². The van der Waals surface area contributed by atoms with Crippen molar-refractivity contribution in [3.63, 3.8) is 0 Å². The van der Waals surface area contributed by atoms with Crippen LogP contribution in [0.15, 0.2) is 60.7 Å². The summed E-state index contributed by atoms with van der Waals surface area (Å²) in [6, 6.07) is 21.9. The maximum absolute atomic E-state index is 2.47. The molecule has 0 radical (unpaired) electrons. The van der Waals surface area contributed by atoms with Gasteiger partial charge < -0.3 is 0 Å². The fraction of sp³-hybridized carbons (Fsp3) is 0.294. The Bertz CT molecular complexity index is 444. The molecule has 0 aliphatic carbocycles. The van der Waals surface area contributed by atoms with E-state index in [9.17, 15) is 0 Å². The molecule has 102 valence electrons. The molecule has 2 aromatic carbocycles. The van der Waals surface area contributed by atoms with Crippen LogP contribution in [-0.4, -0.2) is 14.9 Å². The molecule has 0 N–H and O–H groups in total. The molecule has 0 saturated carbocycles. The summed E-state index contributed by atoms with van der Waals surface area (Å²) in [4.78, 5) is 4.84. The molecule has 0 heterocycles. The number of hydrogen-bond donors (Lipinski definition) is 0. The van der Waals surface area contributed by atoms with Crippen molar-refractivity contribution in [1.29, 1.82) is 0 Å². The Morgan fingerprint density at radius 2 is 1.21 bits per heavy atom. The number of halogens is 1. The number of para-hydroxylation sites is 2. The van der Waals surface area contributed by atoms with Gasteiger partial charge in [0.2, 0.25) is 0 Å². The molecule has 1 nitrogen and oxygen atoms in total. The van der Waals surface area contributed by atoms with Gasteiger partial charge >= 0.3 is 127 Å². The van der Waals surface area contributed by atoms with E-state index in [1.54, 1.807) is 0 Å². The summed E-state index contributed by atoms with van der Waals surface area (Å²) < 4.78 is 0.763. The zero-order valence-corrected chi connectivity index (χ0v) is 13.9. The average Bonchev–Trinajstić information content (AvgIpc) is 2.49. The second kappa shape index (κ2) is 6.94. The number of hydrogen-bond acceptors (Lipinski definition) is 1. The molecule has 2 heteroatoms. The predicted octanol–water partition coefficient (Wildman–Crippen LogP) is 1.32. The van der Waals surface area contributed by atoms with E-state index in [2.05, 4.69) is 84.3 Å². The van der Waals surface area contributed by atoms with Crippen LogP contribution in [0.4, 0.5) is 11.4 Å². The first-order valence-corrected chi connectivity index (χ1v) is 10.0. The van der Waals surface area contributed by atoms with Crippen molar-refractivity contribution in [2.75, 3.05) is 9.83 Å². The first-order valence-electron chi connectivity index (χ1n) is 6.61. The van der Waals surface area contributed by atoms with Gasteiger partial charge in [-0.25, -0.2) is 0 Å². The zero-order valence-electron chi connectivity index (χ0n) is 11.8. The zero-order chi connectivity index (χ0) is 13.7. The average molecular weight is 366 g/mol. The minimum atomic E-state index is 0.245. The first kappa shape index (κ1) is 14.4. The molecule has 0 spiro atoms. The summed E-state index contributed by atoms with van der Waals surface area (Å²) in [6.45, 7) is 4.71. The van der Waals surface area contributed by atoms with Gasteiger partial charge in [-0.2, -0.15) is 0 Å². The topological polar surface area (TPSA) is 3.24 Å². The van der Waals surface area contributed by atoms with Crippen LogP contribution >= 0.6 is 0 Å². The SMILES string of the molecule is C[I-][C@@H](C)C(C)N(c1ccccc1)c1ccccc1. The van der Waals surface area contributed by atoms with Crippen LogP contribution < -0.4 is 26.1 Å². The van der Waals surface area contributed by atoms with E-state index in [0.717, 1.165) is 3.92 Å². The van der Waals surface area contributed by atoms with E-state index >= 15 is 0 Å². The van der Waals surface area contributed by atoms with E-state index in [1.165, 1.54) is 11.4 Å². The normalized spacial score (nSPS) is 14.1. The van der Waals surface area contributed by atoms with E-state index in [-0.39, 0.29) is 21.2 Å². The molecule has 2 aromatic rings. The van der Waals surface area contributed by atoms with Crippen molar-refractivity contribution in [3.05, 3.63) is 60.7 Å². The Morgan fingerprint density at radius 3 is 1.58 bits per heavy atom. The fourth-order valence-electron chi connectivity index (χ4n) is 2.18. The number of alkyl halides is 2. The van der Waals surface area contributed by atoms with Crippen LogP contribution in [0, 0.1) is 0 Å². The fourth-order valence-corrected chi connectivity index (χ4v) is 3.55. The first-order chi connectivity index (χ1) is 9.24. The molecule has 0 amide bonds. The molecule has 0 fully saturated rings. The molecule has 1 unspecified atom stereocenters. The molecular formula is C17H21IN-. The van der Waals surface area contributed by atoms with Crippen LogP contribution in [0.25, 0.3) is 0 Å². The second-order valence-electron chi connectivity index (χ2n) is 4.68. The third kappa shape index (κ3) is 3.50. The number of nitrogens with zero attached hydrogens (tertiary/aromatic N) is 1. The Kier molecular flexibility index (Phi) is 5.25. The summed E-state index contributed by atoms with van der Waals surface area (Å²) >= 11 is 0.245. The van der Waals surface area contributed by atoms with E-state index < -0.39 is 0 Å². The molecule has 0 bridgehead atoms. The van der Waals surface area contributed by atoms with Crippen LogP contribution in [-0.2, 0) is 0 Å². The van der Waals surface area contributed by atoms with Gasteiger partial charge in [0, 0.05) is 0 Å². The van der Waals surface area contributed by atoms with Crippen LogP contribution in [0.1, 0.15) is 13.8 Å². The van der Waals surface area contributed by atoms with Gasteiger partial charge in [-0.1, -0.05) is 0 Å². The van der Waals surface area contributed by atoms with Crippen molar-refractivity contribution >= 4 is 11.4 Å². The maximum atomic E-state index is 2.47. The van der Waals surface area contributed by atoms with Crippen LogP contribution in [0.3, 0.4) is 0 Å². The molecule has 0 aromatic heterocycles. The third-order valence-electron chi connectivity index (χ3n) is 3.48. The number of rotatable bonds is 5. The molecular weight excluding hydrogens is 345 g/mol. The molecule has 0 saturated heterocycles. The van der Waals surface area contributed by atoms with Crippen molar-refractivity contribution < 1.29 is 21.2 Å².